The van der Waals surface area contributed by atoms with Gasteiger partial charge in [-0.2, -0.15) is 0 Å². The third-order valence-electron chi connectivity index (χ3n) is 5.84. The van der Waals surface area contributed by atoms with Gasteiger partial charge in [-0.05, 0) is 29.2 Å². The fourth-order valence-corrected chi connectivity index (χ4v) is 4.24. The molecule has 4 aromatic rings. The molecule has 3 aromatic carbocycles. The first kappa shape index (κ1) is 20.5. The van der Waals surface area contributed by atoms with Crippen molar-refractivity contribution in [1.82, 2.24) is 15.4 Å². The second kappa shape index (κ2) is 9.00. The summed E-state index contributed by atoms with van der Waals surface area (Å²) in [5.74, 6) is 0.290. The predicted octanol–water partition coefficient (Wildman–Crippen LogP) is 4.03. The number of fused-ring (bicyclic) bond motifs is 1. The normalized spacial score (nSPS) is 12.5. The van der Waals surface area contributed by atoms with Crippen LogP contribution in [0.15, 0.2) is 91.3 Å². The molecule has 0 unspecified atom stereocenters. The van der Waals surface area contributed by atoms with Gasteiger partial charge < -0.3 is 10.6 Å². The van der Waals surface area contributed by atoms with E-state index >= 15 is 0 Å². The molecule has 4 N–H and O–H groups in total. The summed E-state index contributed by atoms with van der Waals surface area (Å²) in [6, 6.07) is 27.5. The highest BCUT2D eigenvalue weighted by molar-refractivity contribution is 5.89. The largest absolute Gasteiger partial charge is 0.393 e. The number of hydrogen-bond acceptors (Lipinski definition) is 6. The summed E-state index contributed by atoms with van der Waals surface area (Å²) in [7, 11) is 0. The lowest BCUT2D eigenvalue weighted by Gasteiger charge is -2.22. The van der Waals surface area contributed by atoms with Gasteiger partial charge in [-0.3, -0.25) is 15.6 Å². The fraction of sp³-hybridized carbons (Fsp3) is 0.115. The van der Waals surface area contributed by atoms with Crippen LogP contribution in [-0.4, -0.2) is 22.4 Å². The first-order valence-electron chi connectivity index (χ1n) is 10.8. The van der Waals surface area contributed by atoms with Crippen LogP contribution in [0.1, 0.15) is 22.6 Å². The summed E-state index contributed by atoms with van der Waals surface area (Å²) in [6.45, 7) is 0.788. The number of nitrogens with one attached hydrogen (secondary N) is 2. The zero-order valence-corrected chi connectivity index (χ0v) is 18.0. The maximum atomic E-state index is 13.3. The number of para-hydroxylation sites is 1. The number of nitrogens with zero attached hydrogens (tertiary/aromatic N) is 3. The van der Waals surface area contributed by atoms with E-state index in [1.165, 1.54) is 11.9 Å². The molecular weight excluding hydrogens is 412 g/mol. The van der Waals surface area contributed by atoms with Crippen LogP contribution in [0.5, 0.6) is 0 Å². The average Bonchev–Trinajstić information content (AvgIpc) is 3.29. The second-order valence-corrected chi connectivity index (χ2v) is 7.86. The Morgan fingerprint density at radius 1 is 0.879 bits per heavy atom. The number of amides is 1. The Morgan fingerprint density at radius 2 is 1.52 bits per heavy atom. The minimum absolute atomic E-state index is 0.210. The molecule has 0 radical (unpaired) electrons. The number of anilines is 4. The van der Waals surface area contributed by atoms with Crippen LogP contribution in [0.25, 0.3) is 0 Å². The Morgan fingerprint density at radius 3 is 2.21 bits per heavy atom. The molecule has 2 heterocycles. The molecule has 33 heavy (non-hydrogen) atoms. The van der Waals surface area contributed by atoms with Crippen molar-refractivity contribution in [3.05, 3.63) is 108 Å². The van der Waals surface area contributed by atoms with Gasteiger partial charge in [-0.1, -0.05) is 78.9 Å². The van der Waals surface area contributed by atoms with E-state index in [0.717, 1.165) is 29.8 Å². The van der Waals surface area contributed by atoms with Gasteiger partial charge in [0.2, 0.25) is 5.91 Å². The number of benzene rings is 3. The van der Waals surface area contributed by atoms with E-state index in [-0.39, 0.29) is 5.91 Å². The summed E-state index contributed by atoms with van der Waals surface area (Å²) in [4.78, 5) is 24.0. The van der Waals surface area contributed by atoms with E-state index in [1.54, 1.807) is 0 Å². The lowest BCUT2D eigenvalue weighted by Crippen LogP contribution is -2.35. The van der Waals surface area contributed by atoms with Gasteiger partial charge in [-0.25, -0.2) is 9.97 Å². The lowest BCUT2D eigenvalue weighted by molar-refractivity contribution is -0.121. The summed E-state index contributed by atoms with van der Waals surface area (Å²) in [5, 5.41) is 0. The standard InChI is InChI=1S/C26H24N6O/c27-23-24(28-17-29-25(23)32-16-15-18-9-7-8-14-21(18)32)30-31-26(33)22(19-10-3-1-4-11-19)20-12-5-2-6-13-20/h1-14,17,22H,15-16,27H2,(H,31,33)(H,28,29,30). The number of nitrogen functional groups attached to an aromatic ring is 1. The SMILES string of the molecule is Nc1c(NNC(=O)C(c2ccccc2)c2ccccc2)ncnc1N1CCc2ccccc21. The molecule has 0 saturated heterocycles. The summed E-state index contributed by atoms with van der Waals surface area (Å²) in [5.41, 5.74) is 16.7. The number of hydrogen-bond donors (Lipinski definition) is 3. The maximum absolute atomic E-state index is 13.3. The van der Waals surface area contributed by atoms with Crippen molar-refractivity contribution < 1.29 is 4.79 Å². The molecule has 1 amide bonds. The van der Waals surface area contributed by atoms with Crippen LogP contribution in [0.3, 0.4) is 0 Å². The van der Waals surface area contributed by atoms with Crippen molar-refractivity contribution in [2.45, 2.75) is 12.3 Å². The Labute approximate surface area is 192 Å². The zero-order chi connectivity index (χ0) is 22.6. The van der Waals surface area contributed by atoms with E-state index in [2.05, 4.69) is 37.9 Å². The first-order chi connectivity index (χ1) is 16.2. The van der Waals surface area contributed by atoms with Crippen molar-refractivity contribution in [1.29, 1.82) is 0 Å². The molecule has 164 valence electrons. The van der Waals surface area contributed by atoms with Crippen LogP contribution in [0, 0.1) is 0 Å². The van der Waals surface area contributed by atoms with Gasteiger partial charge in [-0.15, -0.1) is 0 Å². The molecule has 1 aliphatic rings. The first-order valence-corrected chi connectivity index (χ1v) is 10.8. The van der Waals surface area contributed by atoms with Gasteiger partial charge in [0.25, 0.3) is 0 Å². The van der Waals surface area contributed by atoms with Crippen molar-refractivity contribution in [2.75, 3.05) is 22.6 Å². The van der Waals surface area contributed by atoms with Gasteiger partial charge in [0.05, 0.1) is 5.92 Å². The Kier molecular flexibility index (Phi) is 5.59. The van der Waals surface area contributed by atoms with Crippen molar-refractivity contribution in [3.8, 4) is 0 Å². The molecule has 0 saturated carbocycles. The molecule has 0 aliphatic carbocycles. The zero-order valence-electron chi connectivity index (χ0n) is 18.0. The summed E-state index contributed by atoms with van der Waals surface area (Å²) < 4.78 is 0. The molecular formula is C26H24N6O. The third kappa shape index (κ3) is 4.08. The highest BCUT2D eigenvalue weighted by Gasteiger charge is 2.25. The van der Waals surface area contributed by atoms with Gasteiger partial charge >= 0.3 is 0 Å². The van der Waals surface area contributed by atoms with Crippen LogP contribution in [0.2, 0.25) is 0 Å². The van der Waals surface area contributed by atoms with Crippen molar-refractivity contribution in [2.24, 2.45) is 0 Å². The second-order valence-electron chi connectivity index (χ2n) is 7.86. The Bertz CT molecular complexity index is 1220. The molecule has 0 atom stereocenters. The van der Waals surface area contributed by atoms with E-state index in [4.69, 9.17) is 5.73 Å². The highest BCUT2D eigenvalue weighted by Crippen LogP contribution is 2.37. The number of carbonyl (C=O) groups is 1. The average molecular weight is 437 g/mol. The lowest BCUT2D eigenvalue weighted by atomic mass is 9.91. The van der Waals surface area contributed by atoms with E-state index in [1.807, 2.05) is 72.8 Å². The van der Waals surface area contributed by atoms with E-state index in [0.29, 0.717) is 17.3 Å². The molecule has 5 rings (SSSR count). The Hall–Kier alpha value is -4.39. The van der Waals surface area contributed by atoms with Crippen LogP contribution in [0.4, 0.5) is 23.0 Å². The predicted molar refractivity (Wildman–Crippen MR) is 130 cm³/mol. The van der Waals surface area contributed by atoms with Crippen molar-refractivity contribution in [3.63, 3.8) is 0 Å². The number of rotatable bonds is 6. The molecule has 7 heteroatoms. The molecule has 0 spiro atoms. The minimum atomic E-state index is -0.479. The van der Waals surface area contributed by atoms with Crippen LogP contribution in [-0.2, 0) is 11.2 Å². The van der Waals surface area contributed by atoms with Crippen LogP contribution >= 0.6 is 0 Å². The van der Waals surface area contributed by atoms with E-state index in [9.17, 15) is 4.79 Å². The highest BCUT2D eigenvalue weighted by atomic mass is 16.2. The maximum Gasteiger partial charge on any atom is 0.250 e. The van der Waals surface area contributed by atoms with E-state index < -0.39 is 5.92 Å². The monoisotopic (exact) mass is 436 g/mol. The fourth-order valence-electron chi connectivity index (χ4n) is 4.24. The molecule has 0 fully saturated rings. The number of carbonyl (C=O) groups excluding carboxylic acids is 1. The van der Waals surface area contributed by atoms with Crippen LogP contribution < -0.4 is 21.5 Å². The number of nitrogens with two attached hydrogens (primary N) is 1. The third-order valence-corrected chi connectivity index (χ3v) is 5.84. The number of aromatic nitrogens is 2. The molecule has 0 bridgehead atoms. The summed E-state index contributed by atoms with van der Waals surface area (Å²) in [6.07, 6.45) is 2.38. The topological polar surface area (TPSA) is 96.2 Å². The minimum Gasteiger partial charge on any atom is -0.393 e. The summed E-state index contributed by atoms with van der Waals surface area (Å²) >= 11 is 0. The van der Waals surface area contributed by atoms with Crippen molar-refractivity contribution >= 4 is 28.9 Å². The smallest absolute Gasteiger partial charge is 0.250 e. The molecule has 1 aromatic heterocycles. The van der Waals surface area contributed by atoms with Gasteiger partial charge in [0, 0.05) is 12.2 Å². The molecule has 1 aliphatic heterocycles. The number of hydrazine groups is 1. The van der Waals surface area contributed by atoms with Gasteiger partial charge in [0.1, 0.15) is 12.0 Å². The quantitative estimate of drug-likeness (QED) is 0.395. The molecule has 7 nitrogen and oxygen atoms in total. The Balaban J connectivity index is 1.38. The van der Waals surface area contributed by atoms with Gasteiger partial charge in [0.15, 0.2) is 11.6 Å².